The summed E-state index contributed by atoms with van der Waals surface area (Å²) in [5.74, 6) is -0.0145. The zero-order chi connectivity index (χ0) is 16.3. The second-order valence-electron chi connectivity index (χ2n) is 5.96. The number of H-pyrrole nitrogens is 1. The van der Waals surface area contributed by atoms with Gasteiger partial charge in [-0.25, -0.2) is 0 Å². The van der Waals surface area contributed by atoms with Gasteiger partial charge < -0.3 is 20.4 Å². The molecule has 0 radical (unpaired) electrons. The molecule has 3 rings (SSSR count). The highest BCUT2D eigenvalue weighted by Gasteiger charge is 2.39. The third kappa shape index (κ3) is 3.37. The molecule has 1 fully saturated rings. The predicted molar refractivity (Wildman–Crippen MR) is 91.9 cm³/mol. The molecule has 1 aromatic carbocycles. The van der Waals surface area contributed by atoms with Gasteiger partial charge in [-0.1, -0.05) is 11.6 Å². The molecular formula is C17H22ClN3O2. The fraction of sp³-hybridized carbons (Fsp3) is 0.471. The molecule has 2 heterocycles. The number of aromatic nitrogens is 1. The maximum atomic E-state index is 12.5. The number of nitrogens with one attached hydrogen (secondary N) is 3. The lowest BCUT2D eigenvalue weighted by atomic mass is 9.91. The van der Waals surface area contributed by atoms with Crippen molar-refractivity contribution < 1.29 is 9.53 Å². The zero-order valence-electron chi connectivity index (χ0n) is 13.2. The maximum Gasteiger partial charge on any atom is 0.252 e. The number of hydrogen-bond donors (Lipinski definition) is 3. The minimum atomic E-state index is -0.686. The molecule has 1 amide bonds. The van der Waals surface area contributed by atoms with Crippen LogP contribution in [0, 0.1) is 0 Å². The van der Waals surface area contributed by atoms with Crippen molar-refractivity contribution in [3.8, 4) is 0 Å². The van der Waals surface area contributed by atoms with Crippen LogP contribution in [0.5, 0.6) is 0 Å². The van der Waals surface area contributed by atoms with Crippen molar-refractivity contribution in [2.45, 2.75) is 24.9 Å². The van der Waals surface area contributed by atoms with Crippen LogP contribution in [-0.4, -0.2) is 43.2 Å². The smallest absolute Gasteiger partial charge is 0.252 e. The number of aromatic amines is 1. The molecule has 1 aliphatic heterocycles. The molecule has 124 valence electrons. The molecule has 0 bridgehead atoms. The monoisotopic (exact) mass is 335 g/mol. The molecule has 1 saturated heterocycles. The second kappa shape index (κ2) is 6.91. The van der Waals surface area contributed by atoms with Gasteiger partial charge in [0.15, 0.2) is 0 Å². The number of amides is 1. The summed E-state index contributed by atoms with van der Waals surface area (Å²) in [4.78, 5) is 15.7. The van der Waals surface area contributed by atoms with Gasteiger partial charge in [-0.2, -0.15) is 0 Å². The number of piperidine rings is 1. The number of rotatable bonds is 5. The molecular weight excluding hydrogens is 314 g/mol. The third-order valence-electron chi connectivity index (χ3n) is 4.63. The van der Waals surface area contributed by atoms with E-state index < -0.39 is 5.60 Å². The first kappa shape index (κ1) is 16.3. The number of halogens is 1. The highest BCUT2D eigenvalue weighted by Crippen LogP contribution is 2.24. The number of hydrogen-bond acceptors (Lipinski definition) is 3. The van der Waals surface area contributed by atoms with Crippen LogP contribution in [0.3, 0.4) is 0 Å². The van der Waals surface area contributed by atoms with Crippen molar-refractivity contribution in [3.05, 3.63) is 35.0 Å². The Morgan fingerprint density at radius 3 is 2.91 bits per heavy atom. The van der Waals surface area contributed by atoms with E-state index in [1.54, 1.807) is 7.11 Å². The molecule has 0 spiro atoms. The van der Waals surface area contributed by atoms with Crippen molar-refractivity contribution in [1.29, 1.82) is 0 Å². The van der Waals surface area contributed by atoms with Gasteiger partial charge in [0, 0.05) is 35.8 Å². The Bertz CT molecular complexity index is 692. The lowest BCUT2D eigenvalue weighted by molar-refractivity contribution is -0.146. The summed E-state index contributed by atoms with van der Waals surface area (Å²) in [5.41, 5.74) is 1.52. The van der Waals surface area contributed by atoms with Crippen LogP contribution in [0.4, 0.5) is 0 Å². The molecule has 6 heteroatoms. The lowest BCUT2D eigenvalue weighted by Gasteiger charge is -2.34. The second-order valence-corrected chi connectivity index (χ2v) is 6.39. The van der Waals surface area contributed by atoms with Crippen molar-refractivity contribution in [3.63, 3.8) is 0 Å². The highest BCUT2D eigenvalue weighted by atomic mass is 35.5. The number of fused-ring (bicyclic) bond motifs is 1. The van der Waals surface area contributed by atoms with Crippen LogP contribution in [-0.2, 0) is 16.0 Å². The molecule has 3 N–H and O–H groups in total. The van der Waals surface area contributed by atoms with Crippen LogP contribution in [0.2, 0.25) is 5.02 Å². The van der Waals surface area contributed by atoms with E-state index >= 15 is 0 Å². The average molecular weight is 336 g/mol. The molecule has 2 aromatic rings. The van der Waals surface area contributed by atoms with Crippen LogP contribution < -0.4 is 10.6 Å². The van der Waals surface area contributed by atoms with Crippen molar-refractivity contribution >= 4 is 28.4 Å². The van der Waals surface area contributed by atoms with Crippen LogP contribution >= 0.6 is 11.6 Å². The fourth-order valence-electron chi connectivity index (χ4n) is 3.18. The van der Waals surface area contributed by atoms with Gasteiger partial charge in [0.1, 0.15) is 5.60 Å². The van der Waals surface area contributed by atoms with E-state index in [4.69, 9.17) is 16.3 Å². The van der Waals surface area contributed by atoms with Gasteiger partial charge in [-0.05, 0) is 56.1 Å². The molecule has 1 aliphatic rings. The lowest BCUT2D eigenvalue weighted by Crippen LogP contribution is -2.54. The molecule has 1 aromatic heterocycles. The zero-order valence-corrected chi connectivity index (χ0v) is 14.0. The van der Waals surface area contributed by atoms with Gasteiger partial charge in [0.2, 0.25) is 0 Å². The Kier molecular flexibility index (Phi) is 4.90. The van der Waals surface area contributed by atoms with E-state index in [1.807, 2.05) is 24.4 Å². The Labute approximate surface area is 140 Å². The van der Waals surface area contributed by atoms with Crippen LogP contribution in [0.15, 0.2) is 24.4 Å². The third-order valence-corrected chi connectivity index (χ3v) is 4.86. The highest BCUT2D eigenvalue weighted by molar-refractivity contribution is 6.31. The van der Waals surface area contributed by atoms with E-state index in [9.17, 15) is 4.79 Å². The quantitative estimate of drug-likeness (QED) is 0.785. The Morgan fingerprint density at radius 2 is 2.17 bits per heavy atom. The van der Waals surface area contributed by atoms with Crippen LogP contribution in [0.25, 0.3) is 10.9 Å². The first-order valence-electron chi connectivity index (χ1n) is 7.94. The van der Waals surface area contributed by atoms with Crippen molar-refractivity contribution in [2.75, 3.05) is 26.7 Å². The number of carbonyl (C=O) groups is 1. The normalized spacial score (nSPS) is 17.3. The van der Waals surface area contributed by atoms with Gasteiger partial charge in [-0.3, -0.25) is 4.79 Å². The first-order chi connectivity index (χ1) is 11.1. The average Bonchev–Trinajstić information content (AvgIpc) is 2.97. The Morgan fingerprint density at radius 1 is 1.39 bits per heavy atom. The standard InChI is InChI=1S/C17H22ClN3O2/c1-23-17(5-8-19-9-6-17)16(22)20-7-4-12-11-21-15-3-2-13(18)10-14(12)15/h2-3,10-11,19,21H,4-9H2,1H3,(H,20,22). The van der Waals surface area contributed by atoms with E-state index in [0.717, 1.165) is 41.0 Å². The molecule has 0 aliphatic carbocycles. The largest absolute Gasteiger partial charge is 0.368 e. The summed E-state index contributed by atoms with van der Waals surface area (Å²) in [6.45, 7) is 2.20. The van der Waals surface area contributed by atoms with Gasteiger partial charge in [0.05, 0.1) is 0 Å². The van der Waals surface area contributed by atoms with Crippen molar-refractivity contribution in [2.24, 2.45) is 0 Å². The number of benzene rings is 1. The fourth-order valence-corrected chi connectivity index (χ4v) is 3.36. The SMILES string of the molecule is COC1(C(=O)NCCc2c[nH]c3ccc(Cl)cc23)CCNCC1. The van der Waals surface area contributed by atoms with Gasteiger partial charge in [-0.15, -0.1) is 0 Å². The minimum Gasteiger partial charge on any atom is -0.368 e. The Hall–Kier alpha value is -1.56. The van der Waals surface area contributed by atoms with Crippen molar-refractivity contribution in [1.82, 2.24) is 15.6 Å². The number of carbonyl (C=O) groups excluding carboxylic acids is 1. The predicted octanol–water partition coefficient (Wildman–Crippen LogP) is 2.25. The molecule has 0 unspecified atom stereocenters. The van der Waals surface area contributed by atoms with E-state index in [2.05, 4.69) is 15.6 Å². The van der Waals surface area contributed by atoms with Gasteiger partial charge >= 0.3 is 0 Å². The summed E-state index contributed by atoms with van der Waals surface area (Å²) in [6.07, 6.45) is 4.14. The summed E-state index contributed by atoms with van der Waals surface area (Å²) in [6, 6.07) is 5.79. The van der Waals surface area contributed by atoms with E-state index in [1.165, 1.54) is 0 Å². The molecule has 23 heavy (non-hydrogen) atoms. The first-order valence-corrected chi connectivity index (χ1v) is 8.32. The minimum absolute atomic E-state index is 0.0145. The summed E-state index contributed by atoms with van der Waals surface area (Å²) in [7, 11) is 1.62. The van der Waals surface area contributed by atoms with E-state index in [-0.39, 0.29) is 5.91 Å². The molecule has 5 nitrogen and oxygen atoms in total. The Balaban J connectivity index is 1.62. The van der Waals surface area contributed by atoms with E-state index in [0.29, 0.717) is 19.4 Å². The molecule has 0 saturated carbocycles. The maximum absolute atomic E-state index is 12.5. The summed E-state index contributed by atoms with van der Waals surface area (Å²) >= 11 is 6.06. The summed E-state index contributed by atoms with van der Waals surface area (Å²) in [5, 5.41) is 8.10. The number of methoxy groups -OCH3 is 1. The topological polar surface area (TPSA) is 66.1 Å². The number of ether oxygens (including phenoxy) is 1. The summed E-state index contributed by atoms with van der Waals surface area (Å²) < 4.78 is 5.54. The van der Waals surface area contributed by atoms with Gasteiger partial charge in [0.25, 0.3) is 5.91 Å². The van der Waals surface area contributed by atoms with Crippen LogP contribution in [0.1, 0.15) is 18.4 Å². The molecule has 0 atom stereocenters.